The van der Waals surface area contributed by atoms with Gasteiger partial charge in [0.2, 0.25) is 0 Å². The summed E-state index contributed by atoms with van der Waals surface area (Å²) in [4.78, 5) is 0. The molecule has 0 aliphatic rings. The van der Waals surface area contributed by atoms with Crippen molar-refractivity contribution in [1.29, 1.82) is 0 Å². The highest BCUT2D eigenvalue weighted by molar-refractivity contribution is 6.30. The van der Waals surface area contributed by atoms with Crippen LogP contribution in [0, 0.1) is 5.82 Å². The molecule has 5 heteroatoms. The smallest absolute Gasteiger partial charge is 0.146 e. The Morgan fingerprint density at radius 1 is 1.35 bits per heavy atom. The van der Waals surface area contributed by atoms with Crippen molar-refractivity contribution in [3.63, 3.8) is 0 Å². The highest BCUT2D eigenvalue weighted by atomic mass is 35.5. The van der Waals surface area contributed by atoms with E-state index in [0.717, 1.165) is 5.56 Å². The van der Waals surface area contributed by atoms with E-state index in [0.29, 0.717) is 18.1 Å². The van der Waals surface area contributed by atoms with E-state index in [1.54, 1.807) is 18.4 Å². The third kappa shape index (κ3) is 2.99. The predicted molar refractivity (Wildman–Crippen MR) is 62.3 cm³/mol. The molecule has 2 rings (SSSR count). The summed E-state index contributed by atoms with van der Waals surface area (Å²) in [5.74, 6) is 0.532. The molecule has 0 unspecified atom stereocenters. The molecule has 0 saturated carbocycles. The van der Waals surface area contributed by atoms with Gasteiger partial charge < -0.3 is 14.9 Å². The minimum atomic E-state index is -0.508. The van der Waals surface area contributed by atoms with Crippen LogP contribution < -0.4 is 10.5 Å². The topological polar surface area (TPSA) is 48.4 Å². The minimum absolute atomic E-state index is 0.0702. The molecule has 2 N–H and O–H groups in total. The highest BCUT2D eigenvalue weighted by Gasteiger charge is 2.04. The van der Waals surface area contributed by atoms with Crippen LogP contribution in [-0.4, -0.2) is 0 Å². The van der Waals surface area contributed by atoms with Crippen molar-refractivity contribution in [2.24, 2.45) is 5.73 Å². The first kappa shape index (κ1) is 12.0. The molecular formula is C12H11ClFNO2. The molecule has 1 heterocycles. The summed E-state index contributed by atoms with van der Waals surface area (Å²) in [5, 5.41) is 0.0702. The van der Waals surface area contributed by atoms with Crippen LogP contribution in [0.5, 0.6) is 5.75 Å². The number of nitrogens with two attached hydrogens (primary N) is 1. The standard InChI is InChI=1S/C12H11ClFNO2/c13-11-2-1-9(4-12(11)14)17-7-10-3-8(5-15)6-16-10/h1-4,6H,5,7,15H2. The lowest BCUT2D eigenvalue weighted by Gasteiger charge is -2.04. The summed E-state index contributed by atoms with van der Waals surface area (Å²) in [6.07, 6.45) is 1.57. The zero-order valence-electron chi connectivity index (χ0n) is 8.95. The van der Waals surface area contributed by atoms with E-state index in [1.807, 2.05) is 0 Å². The zero-order valence-corrected chi connectivity index (χ0v) is 9.71. The van der Waals surface area contributed by atoms with Crippen molar-refractivity contribution in [2.45, 2.75) is 13.2 Å². The summed E-state index contributed by atoms with van der Waals surface area (Å²) in [6.45, 7) is 0.639. The third-order valence-electron chi connectivity index (χ3n) is 2.22. The Labute approximate surface area is 103 Å². The van der Waals surface area contributed by atoms with Gasteiger partial charge in [-0.3, -0.25) is 0 Å². The molecule has 3 nitrogen and oxygen atoms in total. The molecule has 0 amide bonds. The Bertz CT molecular complexity index is 513. The fourth-order valence-electron chi connectivity index (χ4n) is 1.33. The normalized spacial score (nSPS) is 10.5. The fraction of sp³-hybridized carbons (Fsp3) is 0.167. The molecule has 0 aliphatic carbocycles. The lowest BCUT2D eigenvalue weighted by Crippen LogP contribution is -1.95. The van der Waals surface area contributed by atoms with Crippen molar-refractivity contribution in [2.75, 3.05) is 0 Å². The monoisotopic (exact) mass is 255 g/mol. The molecule has 0 saturated heterocycles. The van der Waals surface area contributed by atoms with Crippen LogP contribution in [0.1, 0.15) is 11.3 Å². The molecule has 1 aromatic heterocycles. The van der Waals surface area contributed by atoms with Crippen LogP contribution >= 0.6 is 11.6 Å². The van der Waals surface area contributed by atoms with Crippen LogP contribution in [-0.2, 0) is 13.2 Å². The first-order chi connectivity index (χ1) is 8.19. The van der Waals surface area contributed by atoms with E-state index >= 15 is 0 Å². The number of hydrogen-bond acceptors (Lipinski definition) is 3. The van der Waals surface area contributed by atoms with Gasteiger partial charge in [0, 0.05) is 18.2 Å². The van der Waals surface area contributed by atoms with E-state index in [-0.39, 0.29) is 11.6 Å². The molecule has 2 aromatic rings. The van der Waals surface area contributed by atoms with E-state index in [9.17, 15) is 4.39 Å². The van der Waals surface area contributed by atoms with Gasteiger partial charge in [0.15, 0.2) is 0 Å². The predicted octanol–water partition coefficient (Wildman–Crippen LogP) is 3.11. The SMILES string of the molecule is NCc1coc(COc2ccc(Cl)c(F)c2)c1. The van der Waals surface area contributed by atoms with Gasteiger partial charge in [0.05, 0.1) is 11.3 Å². The van der Waals surface area contributed by atoms with Gasteiger partial charge in [-0.15, -0.1) is 0 Å². The number of furan rings is 1. The fourth-order valence-corrected chi connectivity index (χ4v) is 1.45. The van der Waals surface area contributed by atoms with Crippen molar-refractivity contribution in [3.05, 3.63) is 52.7 Å². The van der Waals surface area contributed by atoms with Crippen molar-refractivity contribution in [1.82, 2.24) is 0 Å². The summed E-state index contributed by atoms with van der Waals surface area (Å²) in [6, 6.07) is 6.07. The summed E-state index contributed by atoms with van der Waals surface area (Å²) in [7, 11) is 0. The number of rotatable bonds is 4. The number of hydrogen-bond donors (Lipinski definition) is 1. The maximum Gasteiger partial charge on any atom is 0.146 e. The molecule has 0 radical (unpaired) electrons. The van der Waals surface area contributed by atoms with Crippen LogP contribution in [0.25, 0.3) is 0 Å². The molecule has 90 valence electrons. The van der Waals surface area contributed by atoms with Gasteiger partial charge in [-0.05, 0) is 18.2 Å². The molecule has 1 aromatic carbocycles. The first-order valence-electron chi connectivity index (χ1n) is 5.03. The summed E-state index contributed by atoms with van der Waals surface area (Å²) in [5.41, 5.74) is 6.34. The molecule has 0 aliphatic heterocycles. The van der Waals surface area contributed by atoms with Gasteiger partial charge in [0.25, 0.3) is 0 Å². The van der Waals surface area contributed by atoms with E-state index in [2.05, 4.69) is 0 Å². The van der Waals surface area contributed by atoms with Crippen molar-refractivity contribution >= 4 is 11.6 Å². The van der Waals surface area contributed by atoms with Gasteiger partial charge in [0.1, 0.15) is 23.9 Å². The first-order valence-corrected chi connectivity index (χ1v) is 5.41. The molecule has 0 spiro atoms. The maximum atomic E-state index is 13.1. The second-order valence-electron chi connectivity index (χ2n) is 3.49. The quantitative estimate of drug-likeness (QED) is 0.913. The molecule has 0 fully saturated rings. The Morgan fingerprint density at radius 2 is 2.18 bits per heavy atom. The van der Waals surface area contributed by atoms with Gasteiger partial charge in [-0.2, -0.15) is 0 Å². The van der Waals surface area contributed by atoms with Crippen LogP contribution in [0.2, 0.25) is 5.02 Å². The maximum absolute atomic E-state index is 13.1. The lowest BCUT2D eigenvalue weighted by atomic mass is 10.3. The second-order valence-corrected chi connectivity index (χ2v) is 3.90. The van der Waals surface area contributed by atoms with Gasteiger partial charge in [-0.25, -0.2) is 4.39 Å². The Balaban J connectivity index is 1.99. The van der Waals surface area contributed by atoms with Crippen molar-refractivity contribution < 1.29 is 13.5 Å². The summed E-state index contributed by atoms with van der Waals surface area (Å²) >= 11 is 5.56. The molecule has 0 bridgehead atoms. The Morgan fingerprint density at radius 3 is 2.82 bits per heavy atom. The van der Waals surface area contributed by atoms with Crippen molar-refractivity contribution in [3.8, 4) is 5.75 Å². The molecule has 0 atom stereocenters. The number of benzene rings is 1. The lowest BCUT2D eigenvalue weighted by molar-refractivity contribution is 0.269. The third-order valence-corrected chi connectivity index (χ3v) is 2.52. The average Bonchev–Trinajstić information content (AvgIpc) is 2.79. The van der Waals surface area contributed by atoms with E-state index < -0.39 is 5.82 Å². The van der Waals surface area contributed by atoms with E-state index in [4.69, 9.17) is 26.5 Å². The Kier molecular flexibility index (Phi) is 3.66. The van der Waals surface area contributed by atoms with Crippen LogP contribution in [0.4, 0.5) is 4.39 Å². The van der Waals surface area contributed by atoms with Gasteiger partial charge >= 0.3 is 0 Å². The zero-order chi connectivity index (χ0) is 12.3. The van der Waals surface area contributed by atoms with Gasteiger partial charge in [-0.1, -0.05) is 11.6 Å². The summed E-state index contributed by atoms with van der Waals surface area (Å²) < 4.78 is 23.7. The van der Waals surface area contributed by atoms with E-state index in [1.165, 1.54) is 12.1 Å². The average molecular weight is 256 g/mol. The number of ether oxygens (including phenoxy) is 1. The Hall–Kier alpha value is -1.52. The number of halogens is 2. The largest absolute Gasteiger partial charge is 0.486 e. The highest BCUT2D eigenvalue weighted by Crippen LogP contribution is 2.21. The molecule has 17 heavy (non-hydrogen) atoms. The van der Waals surface area contributed by atoms with Crippen LogP contribution in [0.15, 0.2) is 34.9 Å². The molecular weight excluding hydrogens is 245 g/mol. The van der Waals surface area contributed by atoms with Crippen LogP contribution in [0.3, 0.4) is 0 Å². The minimum Gasteiger partial charge on any atom is -0.486 e. The second kappa shape index (κ2) is 5.21.